The van der Waals surface area contributed by atoms with Crippen molar-refractivity contribution in [2.75, 3.05) is 69.5 Å². The highest BCUT2D eigenvalue weighted by molar-refractivity contribution is 7.99. The number of hydrogen-bond acceptors (Lipinski definition) is 9. The lowest BCUT2D eigenvalue weighted by Crippen LogP contribution is -2.50. The average molecular weight is 441 g/mol. The fraction of sp³-hybridized carbons (Fsp3) is 0.778. The molecule has 0 saturated carbocycles. The van der Waals surface area contributed by atoms with Crippen LogP contribution in [-0.4, -0.2) is 102 Å². The number of nitrogens with zero attached hydrogens (tertiary/aromatic N) is 5. The molecule has 1 N–H and O–H groups in total. The summed E-state index contributed by atoms with van der Waals surface area (Å²) in [6, 6.07) is -0.212. The Morgan fingerprint density at radius 1 is 1.17 bits per heavy atom. The van der Waals surface area contributed by atoms with Gasteiger partial charge in [0.2, 0.25) is 16.9 Å². The molecular weight excluding hydrogens is 412 g/mol. The van der Waals surface area contributed by atoms with E-state index in [1.54, 1.807) is 18.9 Å². The number of anilines is 1. The Hall–Kier alpha value is -1.43. The minimum atomic E-state index is -0.212. The van der Waals surface area contributed by atoms with E-state index >= 15 is 0 Å². The molecule has 0 spiro atoms. The first kappa shape index (κ1) is 20.8. The zero-order valence-corrected chi connectivity index (χ0v) is 18.3. The summed E-state index contributed by atoms with van der Waals surface area (Å²) < 4.78 is 9.46. The number of nitrogens with one attached hydrogen (secondary N) is 1. The van der Waals surface area contributed by atoms with Crippen LogP contribution in [0.15, 0.2) is 0 Å². The Morgan fingerprint density at radius 2 is 2.00 bits per heavy atom. The molecule has 0 aliphatic carbocycles. The third-order valence-corrected chi connectivity index (χ3v) is 7.47. The molecule has 0 unspecified atom stereocenters. The van der Waals surface area contributed by atoms with E-state index in [4.69, 9.17) is 4.74 Å². The van der Waals surface area contributed by atoms with Crippen LogP contribution in [0.4, 0.5) is 5.13 Å². The lowest BCUT2D eigenvalue weighted by molar-refractivity contribution is -0.135. The fourth-order valence-corrected chi connectivity index (χ4v) is 5.68. The minimum Gasteiger partial charge on any atom is -0.384 e. The first-order valence-electron chi connectivity index (χ1n) is 10.1. The first-order valence-corrected chi connectivity index (χ1v) is 12.0. The maximum absolute atomic E-state index is 13.0. The second kappa shape index (κ2) is 9.59. The molecule has 3 fully saturated rings. The van der Waals surface area contributed by atoms with Gasteiger partial charge in [0.15, 0.2) is 0 Å². The quantitative estimate of drug-likeness (QED) is 0.655. The van der Waals surface area contributed by atoms with Gasteiger partial charge in [0.1, 0.15) is 5.82 Å². The minimum absolute atomic E-state index is 0.104. The van der Waals surface area contributed by atoms with Crippen molar-refractivity contribution in [2.24, 2.45) is 5.92 Å². The van der Waals surface area contributed by atoms with Crippen LogP contribution >= 0.6 is 23.3 Å². The summed E-state index contributed by atoms with van der Waals surface area (Å²) in [4.78, 5) is 36.1. The van der Waals surface area contributed by atoms with E-state index < -0.39 is 0 Å². The predicted octanol–water partition coefficient (Wildman–Crippen LogP) is -0.113. The third-order valence-electron chi connectivity index (χ3n) is 5.69. The molecule has 3 aliphatic rings. The van der Waals surface area contributed by atoms with Crippen molar-refractivity contribution in [3.63, 3.8) is 0 Å². The van der Waals surface area contributed by atoms with Crippen molar-refractivity contribution in [1.29, 1.82) is 0 Å². The van der Waals surface area contributed by atoms with Gasteiger partial charge in [-0.15, -0.1) is 11.8 Å². The number of carbonyl (C=O) groups is 2. The zero-order chi connectivity index (χ0) is 20.2. The number of hydrogen-bond donors (Lipinski definition) is 1. The molecular formula is C18H28N6O3S2. The molecule has 0 radical (unpaired) electrons. The number of piperazine rings is 1. The summed E-state index contributed by atoms with van der Waals surface area (Å²) >= 11 is 3.19. The molecule has 4 rings (SSSR count). The van der Waals surface area contributed by atoms with Crippen molar-refractivity contribution in [2.45, 2.75) is 18.9 Å². The van der Waals surface area contributed by atoms with Crippen LogP contribution in [0.2, 0.25) is 0 Å². The molecule has 4 heterocycles. The molecule has 2 atom stereocenters. The maximum atomic E-state index is 13.0. The second-order valence-electron chi connectivity index (χ2n) is 7.58. The largest absolute Gasteiger partial charge is 0.384 e. The van der Waals surface area contributed by atoms with Gasteiger partial charge in [-0.05, 0) is 6.42 Å². The van der Waals surface area contributed by atoms with E-state index in [9.17, 15) is 9.59 Å². The molecule has 29 heavy (non-hydrogen) atoms. The lowest BCUT2D eigenvalue weighted by atomic mass is 10.0. The van der Waals surface area contributed by atoms with Gasteiger partial charge in [-0.2, -0.15) is 4.37 Å². The molecule has 0 aromatic carbocycles. The summed E-state index contributed by atoms with van der Waals surface area (Å²) in [5.41, 5.74) is 0. The van der Waals surface area contributed by atoms with Crippen LogP contribution < -0.4 is 10.2 Å². The van der Waals surface area contributed by atoms with Gasteiger partial charge >= 0.3 is 0 Å². The Morgan fingerprint density at radius 3 is 2.72 bits per heavy atom. The van der Waals surface area contributed by atoms with Crippen molar-refractivity contribution in [3.8, 4) is 0 Å². The monoisotopic (exact) mass is 440 g/mol. The summed E-state index contributed by atoms with van der Waals surface area (Å²) in [6.45, 7) is 4.93. The Labute approximate surface area is 179 Å². The van der Waals surface area contributed by atoms with Gasteiger partial charge in [0, 0.05) is 70.1 Å². The first-order chi connectivity index (χ1) is 14.2. The van der Waals surface area contributed by atoms with Gasteiger partial charge in [0.25, 0.3) is 0 Å². The smallest absolute Gasteiger partial charge is 0.240 e. The number of rotatable bonds is 6. The number of carbonyl (C=O) groups excluding carboxylic acids is 2. The number of methoxy groups -OCH3 is 1. The topological polar surface area (TPSA) is 90.9 Å². The fourth-order valence-electron chi connectivity index (χ4n) is 3.96. The Kier molecular flexibility index (Phi) is 6.88. The van der Waals surface area contributed by atoms with E-state index in [1.807, 2.05) is 9.80 Å². The molecule has 160 valence electrons. The molecule has 0 bridgehead atoms. The second-order valence-corrected chi connectivity index (χ2v) is 9.39. The van der Waals surface area contributed by atoms with E-state index in [1.165, 1.54) is 11.5 Å². The SMILES string of the molecule is COCCc1nsc(N2CCN(C(=O)[C@@H]3CN[C@H](C(=O)N4CCSC4)C3)CC2)n1. The predicted molar refractivity (Wildman–Crippen MR) is 113 cm³/mol. The summed E-state index contributed by atoms with van der Waals surface area (Å²) in [5.74, 6) is 2.81. The molecule has 2 amide bonds. The highest BCUT2D eigenvalue weighted by Crippen LogP contribution is 2.24. The van der Waals surface area contributed by atoms with Crippen LogP contribution in [-0.2, 0) is 20.7 Å². The van der Waals surface area contributed by atoms with Gasteiger partial charge < -0.3 is 24.8 Å². The molecule has 3 saturated heterocycles. The van der Waals surface area contributed by atoms with Gasteiger partial charge in [-0.25, -0.2) is 4.98 Å². The normalized spacial score (nSPS) is 25.1. The third kappa shape index (κ3) is 4.84. The Bertz CT molecular complexity index is 718. The molecule has 9 nitrogen and oxygen atoms in total. The van der Waals surface area contributed by atoms with Crippen molar-refractivity contribution < 1.29 is 14.3 Å². The van der Waals surface area contributed by atoms with Gasteiger partial charge in [-0.1, -0.05) is 0 Å². The van der Waals surface area contributed by atoms with Crippen molar-refractivity contribution in [3.05, 3.63) is 5.82 Å². The number of thioether (sulfide) groups is 1. The molecule has 1 aromatic heterocycles. The molecule has 1 aromatic rings. The van der Waals surface area contributed by atoms with Crippen molar-refractivity contribution in [1.82, 2.24) is 24.5 Å². The van der Waals surface area contributed by atoms with E-state index in [-0.39, 0.29) is 23.8 Å². The van der Waals surface area contributed by atoms with Crippen LogP contribution in [0, 0.1) is 5.92 Å². The number of aromatic nitrogens is 2. The van der Waals surface area contributed by atoms with Crippen molar-refractivity contribution >= 4 is 40.2 Å². The van der Waals surface area contributed by atoms with Gasteiger partial charge in [0.05, 0.1) is 24.4 Å². The number of amides is 2. The standard InChI is InChI=1S/C18H28N6O3S2/c1-27-8-2-15-20-18(29-21-15)23-5-3-22(4-6-23)16(25)13-10-14(19-11-13)17(26)24-7-9-28-12-24/h13-14,19H,2-12H2,1H3/t13-,14-/m0/s1. The highest BCUT2D eigenvalue weighted by Gasteiger charge is 2.38. The van der Waals surface area contributed by atoms with E-state index in [2.05, 4.69) is 19.6 Å². The van der Waals surface area contributed by atoms with E-state index in [0.717, 1.165) is 48.6 Å². The summed E-state index contributed by atoms with van der Waals surface area (Å²) in [5, 5.41) is 4.19. The average Bonchev–Trinajstić information content (AvgIpc) is 3.53. The van der Waals surface area contributed by atoms with Gasteiger partial charge in [-0.3, -0.25) is 9.59 Å². The van der Waals surface area contributed by atoms with Crippen LogP contribution in [0.5, 0.6) is 0 Å². The lowest BCUT2D eigenvalue weighted by Gasteiger charge is -2.35. The molecule has 3 aliphatic heterocycles. The Balaban J connectivity index is 1.25. The summed E-state index contributed by atoms with van der Waals surface area (Å²) in [7, 11) is 1.67. The number of ether oxygens (including phenoxy) is 1. The van der Waals surface area contributed by atoms with Crippen LogP contribution in [0.1, 0.15) is 12.2 Å². The molecule has 11 heteroatoms. The summed E-state index contributed by atoms with van der Waals surface area (Å²) in [6.07, 6.45) is 1.33. The van der Waals surface area contributed by atoms with Crippen LogP contribution in [0.3, 0.4) is 0 Å². The van der Waals surface area contributed by atoms with E-state index in [0.29, 0.717) is 32.7 Å². The zero-order valence-electron chi connectivity index (χ0n) is 16.7. The van der Waals surface area contributed by atoms with Crippen LogP contribution in [0.25, 0.3) is 0 Å². The highest BCUT2D eigenvalue weighted by atomic mass is 32.2. The maximum Gasteiger partial charge on any atom is 0.240 e.